The summed E-state index contributed by atoms with van der Waals surface area (Å²) in [4.78, 5) is 12.5. The SMILES string of the molecule is CC=C(CC)C1=C(CC(CC)CC)C(=O)C(O)(CC)O1. The predicted molar refractivity (Wildman–Crippen MR) is 81.1 cm³/mol. The Labute approximate surface area is 122 Å². The van der Waals surface area contributed by atoms with Gasteiger partial charge in [-0.15, -0.1) is 0 Å². The van der Waals surface area contributed by atoms with Gasteiger partial charge in [-0.1, -0.05) is 46.6 Å². The van der Waals surface area contributed by atoms with E-state index in [0.29, 0.717) is 23.7 Å². The highest BCUT2D eigenvalue weighted by Crippen LogP contribution is 2.39. The van der Waals surface area contributed by atoms with Crippen LogP contribution >= 0.6 is 0 Å². The average molecular weight is 280 g/mol. The first-order chi connectivity index (χ1) is 9.47. The van der Waals surface area contributed by atoms with Crippen molar-refractivity contribution in [1.29, 1.82) is 0 Å². The second-order valence-electron chi connectivity index (χ2n) is 5.43. The van der Waals surface area contributed by atoms with Gasteiger partial charge in [0.25, 0.3) is 5.79 Å². The van der Waals surface area contributed by atoms with Crippen LogP contribution in [0.1, 0.15) is 66.7 Å². The van der Waals surface area contributed by atoms with Crippen LogP contribution in [-0.2, 0) is 9.53 Å². The largest absolute Gasteiger partial charge is 0.454 e. The predicted octanol–water partition coefficient (Wildman–Crippen LogP) is 4.12. The number of rotatable bonds is 7. The van der Waals surface area contributed by atoms with Crippen LogP contribution in [0.4, 0.5) is 0 Å². The maximum atomic E-state index is 12.5. The molecule has 1 heterocycles. The molecular weight excluding hydrogens is 252 g/mol. The maximum absolute atomic E-state index is 12.5. The van der Waals surface area contributed by atoms with E-state index in [2.05, 4.69) is 13.8 Å². The van der Waals surface area contributed by atoms with Crippen molar-refractivity contribution < 1.29 is 14.6 Å². The molecule has 0 aromatic carbocycles. The third kappa shape index (κ3) is 3.14. The number of carbonyl (C=O) groups excluding carboxylic acids is 1. The van der Waals surface area contributed by atoms with Crippen LogP contribution in [0.3, 0.4) is 0 Å². The lowest BCUT2D eigenvalue weighted by atomic mass is 9.89. The summed E-state index contributed by atoms with van der Waals surface area (Å²) in [5.41, 5.74) is 1.68. The average Bonchev–Trinajstić information content (AvgIpc) is 2.71. The lowest BCUT2D eigenvalue weighted by Gasteiger charge is -2.20. The fraction of sp³-hybridized carbons (Fsp3) is 0.706. The van der Waals surface area contributed by atoms with E-state index < -0.39 is 5.79 Å². The molecule has 0 radical (unpaired) electrons. The highest BCUT2D eigenvalue weighted by atomic mass is 16.6. The molecule has 1 rings (SSSR count). The Morgan fingerprint density at radius 3 is 2.30 bits per heavy atom. The van der Waals surface area contributed by atoms with Crippen molar-refractivity contribution in [3.8, 4) is 0 Å². The van der Waals surface area contributed by atoms with Gasteiger partial charge in [0.1, 0.15) is 5.76 Å². The van der Waals surface area contributed by atoms with Gasteiger partial charge in [-0.2, -0.15) is 0 Å². The lowest BCUT2D eigenvalue weighted by Crippen LogP contribution is -2.36. The summed E-state index contributed by atoms with van der Waals surface area (Å²) in [5.74, 6) is -0.812. The van der Waals surface area contributed by atoms with Gasteiger partial charge < -0.3 is 9.84 Å². The van der Waals surface area contributed by atoms with Crippen LogP contribution in [0.15, 0.2) is 23.0 Å². The van der Waals surface area contributed by atoms with E-state index in [1.165, 1.54) is 0 Å². The highest BCUT2D eigenvalue weighted by Gasteiger charge is 2.47. The van der Waals surface area contributed by atoms with Crippen LogP contribution < -0.4 is 0 Å². The Hall–Kier alpha value is -1.09. The Kier molecular flexibility index (Phi) is 6.00. The summed E-state index contributed by atoms with van der Waals surface area (Å²) in [6.45, 7) is 10.0. The van der Waals surface area contributed by atoms with Gasteiger partial charge in [0.05, 0.1) is 0 Å². The van der Waals surface area contributed by atoms with E-state index in [-0.39, 0.29) is 12.2 Å². The number of ketones is 1. The van der Waals surface area contributed by atoms with E-state index in [4.69, 9.17) is 4.74 Å². The van der Waals surface area contributed by atoms with Crippen molar-refractivity contribution in [3.05, 3.63) is 23.0 Å². The van der Waals surface area contributed by atoms with Gasteiger partial charge in [0, 0.05) is 12.0 Å². The highest BCUT2D eigenvalue weighted by molar-refractivity contribution is 6.03. The van der Waals surface area contributed by atoms with Crippen molar-refractivity contribution in [3.63, 3.8) is 0 Å². The summed E-state index contributed by atoms with van der Waals surface area (Å²) < 4.78 is 5.67. The molecule has 1 unspecified atom stereocenters. The van der Waals surface area contributed by atoms with Gasteiger partial charge in [-0.25, -0.2) is 0 Å². The van der Waals surface area contributed by atoms with E-state index in [9.17, 15) is 9.90 Å². The third-order valence-electron chi connectivity index (χ3n) is 4.32. The van der Waals surface area contributed by atoms with Gasteiger partial charge in [-0.3, -0.25) is 4.79 Å². The molecule has 0 aromatic heterocycles. The molecule has 0 fully saturated rings. The minimum Gasteiger partial charge on any atom is -0.454 e. The minimum absolute atomic E-state index is 0.241. The van der Waals surface area contributed by atoms with E-state index >= 15 is 0 Å². The van der Waals surface area contributed by atoms with Crippen LogP contribution in [0, 0.1) is 5.92 Å². The van der Waals surface area contributed by atoms with Crippen LogP contribution in [0.25, 0.3) is 0 Å². The Balaban J connectivity index is 3.19. The van der Waals surface area contributed by atoms with Gasteiger partial charge in [0.2, 0.25) is 5.78 Å². The first-order valence-corrected chi connectivity index (χ1v) is 7.82. The molecule has 1 N–H and O–H groups in total. The smallest absolute Gasteiger partial charge is 0.272 e. The summed E-state index contributed by atoms with van der Waals surface area (Å²) in [5, 5.41) is 10.4. The summed E-state index contributed by atoms with van der Waals surface area (Å²) >= 11 is 0. The number of aliphatic hydroxyl groups is 1. The van der Waals surface area contributed by atoms with Crippen molar-refractivity contribution in [2.75, 3.05) is 0 Å². The first-order valence-electron chi connectivity index (χ1n) is 7.82. The zero-order valence-electron chi connectivity index (χ0n) is 13.5. The summed E-state index contributed by atoms with van der Waals surface area (Å²) in [6.07, 6.45) is 5.80. The molecule has 0 amide bonds. The number of carbonyl (C=O) groups is 1. The number of ether oxygens (including phenoxy) is 1. The van der Waals surface area contributed by atoms with Crippen molar-refractivity contribution in [2.24, 2.45) is 5.92 Å². The third-order valence-corrected chi connectivity index (χ3v) is 4.32. The first kappa shape index (κ1) is 17.0. The fourth-order valence-electron chi connectivity index (χ4n) is 2.65. The molecule has 0 spiro atoms. The Morgan fingerprint density at radius 1 is 1.30 bits per heavy atom. The molecule has 0 bridgehead atoms. The van der Waals surface area contributed by atoms with E-state index in [1.54, 1.807) is 6.92 Å². The number of hydrogen-bond donors (Lipinski definition) is 1. The van der Waals surface area contributed by atoms with E-state index in [0.717, 1.165) is 24.8 Å². The topological polar surface area (TPSA) is 46.5 Å². The van der Waals surface area contributed by atoms with Crippen molar-refractivity contribution in [1.82, 2.24) is 0 Å². The zero-order valence-corrected chi connectivity index (χ0v) is 13.5. The normalized spacial score (nSPS) is 23.8. The summed E-state index contributed by atoms with van der Waals surface area (Å²) in [6, 6.07) is 0. The second-order valence-corrected chi connectivity index (χ2v) is 5.43. The molecule has 1 atom stereocenters. The van der Waals surface area contributed by atoms with Gasteiger partial charge in [0.15, 0.2) is 0 Å². The lowest BCUT2D eigenvalue weighted by molar-refractivity contribution is -0.177. The quantitative estimate of drug-likeness (QED) is 0.763. The Bertz CT molecular complexity index is 416. The molecule has 0 saturated carbocycles. The number of allylic oxidation sites excluding steroid dienone is 2. The minimum atomic E-state index is -1.65. The monoisotopic (exact) mass is 280 g/mol. The second kappa shape index (κ2) is 7.07. The van der Waals surface area contributed by atoms with Crippen LogP contribution in [0.5, 0.6) is 0 Å². The Morgan fingerprint density at radius 2 is 1.90 bits per heavy atom. The van der Waals surface area contributed by atoms with Crippen LogP contribution in [-0.4, -0.2) is 16.7 Å². The molecule has 114 valence electrons. The van der Waals surface area contributed by atoms with Crippen LogP contribution in [0.2, 0.25) is 0 Å². The standard InChI is InChI=1S/C17H28O3/c1-6-12(7-2)11-14-15(13(8-3)9-4)20-17(19,10-5)16(14)18/h8,12,19H,6-7,9-11H2,1-5H3. The van der Waals surface area contributed by atoms with Gasteiger partial charge >= 0.3 is 0 Å². The van der Waals surface area contributed by atoms with Crippen molar-refractivity contribution in [2.45, 2.75) is 72.5 Å². The molecule has 20 heavy (non-hydrogen) atoms. The molecule has 3 heteroatoms. The number of hydrogen-bond acceptors (Lipinski definition) is 3. The van der Waals surface area contributed by atoms with Crippen molar-refractivity contribution >= 4 is 5.78 Å². The molecule has 3 nitrogen and oxygen atoms in total. The molecule has 1 aliphatic rings. The molecular formula is C17H28O3. The zero-order chi connectivity index (χ0) is 15.3. The fourth-order valence-corrected chi connectivity index (χ4v) is 2.65. The molecule has 0 saturated heterocycles. The molecule has 0 aliphatic carbocycles. The maximum Gasteiger partial charge on any atom is 0.272 e. The molecule has 0 aromatic rings. The summed E-state index contributed by atoms with van der Waals surface area (Å²) in [7, 11) is 0. The number of Topliss-reactive ketones (excluding diaryl/α,β-unsaturated/α-hetero) is 1. The van der Waals surface area contributed by atoms with Gasteiger partial charge in [-0.05, 0) is 31.3 Å². The van der Waals surface area contributed by atoms with E-state index in [1.807, 2.05) is 19.9 Å². The molecule has 1 aliphatic heterocycles.